The average Bonchev–Trinajstić information content (AvgIpc) is 3.16. The Labute approximate surface area is 172 Å². The molecule has 6 nitrogen and oxygen atoms in total. The van der Waals surface area contributed by atoms with Crippen LogP contribution in [0.3, 0.4) is 0 Å². The van der Waals surface area contributed by atoms with Gasteiger partial charge in [0.05, 0.1) is 12.0 Å². The summed E-state index contributed by atoms with van der Waals surface area (Å²) in [5, 5.41) is 11.3. The van der Waals surface area contributed by atoms with E-state index in [0.29, 0.717) is 16.7 Å². The summed E-state index contributed by atoms with van der Waals surface area (Å²) in [5.41, 5.74) is 1.73. The minimum absolute atomic E-state index is 0.0811. The molecule has 0 aliphatic carbocycles. The highest BCUT2D eigenvalue weighted by molar-refractivity contribution is 7.98. The summed E-state index contributed by atoms with van der Waals surface area (Å²) in [4.78, 5) is 18.7. The number of hydrogen-bond donors (Lipinski definition) is 2. The van der Waals surface area contributed by atoms with E-state index in [9.17, 15) is 4.79 Å². The van der Waals surface area contributed by atoms with Gasteiger partial charge in [0, 0.05) is 21.6 Å². The normalized spacial score (nSPS) is 20.9. The van der Waals surface area contributed by atoms with Gasteiger partial charge in [0.25, 0.3) is 0 Å². The number of thioether (sulfide) groups is 1. The molecule has 1 aliphatic rings. The molecule has 0 radical (unpaired) electrons. The van der Waals surface area contributed by atoms with Crippen LogP contribution in [0.1, 0.15) is 18.5 Å². The monoisotopic (exact) mass is 413 g/mol. The number of aromatic nitrogens is 3. The highest BCUT2D eigenvalue weighted by atomic mass is 35.5. The molecule has 1 aromatic heterocycles. The summed E-state index contributed by atoms with van der Waals surface area (Å²) in [6.45, 7) is 1.99. The van der Waals surface area contributed by atoms with E-state index in [1.54, 1.807) is 40.7 Å². The lowest BCUT2D eigenvalue weighted by Gasteiger charge is -2.36. The Morgan fingerprint density at radius 1 is 1.18 bits per heavy atom. The first-order valence-electron chi connectivity index (χ1n) is 8.93. The fourth-order valence-electron chi connectivity index (χ4n) is 3.55. The fourth-order valence-corrected chi connectivity index (χ4v) is 4.09. The van der Waals surface area contributed by atoms with Crippen LogP contribution in [0, 0.1) is 5.92 Å². The van der Waals surface area contributed by atoms with Crippen molar-refractivity contribution in [3.05, 3.63) is 65.4 Å². The standard InChI is InChI=1S/C20H20ClN5OS/c1-12-17(19(27)25-15-7-5-14(21)6-8-15)18(26-20(24-12)22-11-23-26)13-3-9-16(28-2)10-4-13/h3-12,17-18H,1-2H3,(H,25,27)(H,22,23,24)/t12-,17-,18-/m1/s1. The number of hydrogen-bond acceptors (Lipinski definition) is 5. The minimum Gasteiger partial charge on any atom is -0.351 e. The van der Waals surface area contributed by atoms with Gasteiger partial charge in [0.1, 0.15) is 6.33 Å². The maximum absolute atomic E-state index is 13.3. The van der Waals surface area contributed by atoms with E-state index in [4.69, 9.17) is 11.6 Å². The summed E-state index contributed by atoms with van der Waals surface area (Å²) < 4.78 is 1.79. The Hall–Kier alpha value is -2.51. The molecule has 3 atom stereocenters. The molecule has 144 valence electrons. The molecular formula is C20H20ClN5OS. The van der Waals surface area contributed by atoms with E-state index in [1.165, 1.54) is 11.2 Å². The summed E-state index contributed by atoms with van der Waals surface area (Å²) in [7, 11) is 0. The van der Waals surface area contributed by atoms with Gasteiger partial charge in [-0.05, 0) is 55.1 Å². The van der Waals surface area contributed by atoms with E-state index in [0.717, 1.165) is 5.56 Å². The maximum Gasteiger partial charge on any atom is 0.232 e. The van der Waals surface area contributed by atoms with E-state index in [-0.39, 0.29) is 23.9 Å². The van der Waals surface area contributed by atoms with E-state index in [2.05, 4.69) is 45.0 Å². The third kappa shape index (κ3) is 3.59. The second-order valence-corrected chi connectivity index (χ2v) is 8.02. The second-order valence-electron chi connectivity index (χ2n) is 6.70. The molecule has 1 aliphatic heterocycles. The lowest BCUT2D eigenvalue weighted by molar-refractivity contribution is -0.121. The topological polar surface area (TPSA) is 71.8 Å². The van der Waals surface area contributed by atoms with E-state index in [1.807, 2.05) is 13.2 Å². The number of nitrogens with zero attached hydrogens (tertiary/aromatic N) is 3. The number of anilines is 2. The molecule has 0 saturated carbocycles. The maximum atomic E-state index is 13.3. The van der Waals surface area contributed by atoms with Crippen molar-refractivity contribution in [1.29, 1.82) is 0 Å². The molecule has 0 unspecified atom stereocenters. The van der Waals surface area contributed by atoms with Crippen molar-refractivity contribution < 1.29 is 4.79 Å². The third-order valence-electron chi connectivity index (χ3n) is 4.94. The van der Waals surface area contributed by atoms with Crippen LogP contribution in [0.5, 0.6) is 0 Å². The zero-order chi connectivity index (χ0) is 19.7. The van der Waals surface area contributed by atoms with E-state index < -0.39 is 0 Å². The first kappa shape index (κ1) is 18.8. The largest absolute Gasteiger partial charge is 0.351 e. The first-order valence-corrected chi connectivity index (χ1v) is 10.5. The molecule has 2 N–H and O–H groups in total. The van der Waals surface area contributed by atoms with E-state index >= 15 is 0 Å². The Morgan fingerprint density at radius 3 is 2.57 bits per heavy atom. The highest BCUT2D eigenvalue weighted by Crippen LogP contribution is 2.37. The van der Waals surface area contributed by atoms with Crippen molar-refractivity contribution in [2.45, 2.75) is 23.9 Å². The van der Waals surface area contributed by atoms with Gasteiger partial charge in [-0.3, -0.25) is 4.79 Å². The number of amides is 1. The zero-order valence-corrected chi connectivity index (χ0v) is 17.0. The number of carbonyl (C=O) groups excluding carboxylic acids is 1. The summed E-state index contributed by atoms with van der Waals surface area (Å²) in [6.07, 6.45) is 3.55. The molecule has 0 saturated heterocycles. The van der Waals surface area contributed by atoms with Gasteiger partial charge in [-0.15, -0.1) is 11.8 Å². The predicted molar refractivity (Wildman–Crippen MR) is 113 cm³/mol. The van der Waals surface area contributed by atoms with Crippen LogP contribution in [0.25, 0.3) is 0 Å². The van der Waals surface area contributed by atoms with Crippen LogP contribution in [0.2, 0.25) is 5.02 Å². The Kier molecular flexibility index (Phi) is 5.28. The lowest BCUT2D eigenvalue weighted by Crippen LogP contribution is -2.46. The Bertz CT molecular complexity index is 973. The quantitative estimate of drug-likeness (QED) is 0.623. The molecule has 2 aromatic carbocycles. The molecule has 0 bridgehead atoms. The van der Waals surface area contributed by atoms with Gasteiger partial charge in [-0.2, -0.15) is 10.1 Å². The minimum atomic E-state index is -0.370. The lowest BCUT2D eigenvalue weighted by atomic mass is 9.85. The number of nitrogens with one attached hydrogen (secondary N) is 2. The van der Waals surface area contributed by atoms with Crippen molar-refractivity contribution in [3.8, 4) is 0 Å². The van der Waals surface area contributed by atoms with Gasteiger partial charge in [0.2, 0.25) is 11.9 Å². The van der Waals surface area contributed by atoms with Gasteiger partial charge < -0.3 is 10.6 Å². The van der Waals surface area contributed by atoms with Gasteiger partial charge in [-0.25, -0.2) is 4.68 Å². The van der Waals surface area contributed by atoms with Gasteiger partial charge in [0.15, 0.2) is 0 Å². The number of rotatable bonds is 4. The summed E-state index contributed by atoms with van der Waals surface area (Å²) in [5.74, 6) is 0.217. The third-order valence-corrected chi connectivity index (χ3v) is 5.94. The molecule has 3 aromatic rings. The predicted octanol–water partition coefficient (Wildman–Crippen LogP) is 4.31. The molecule has 8 heteroatoms. The Balaban J connectivity index is 1.70. The fraction of sp³-hybridized carbons (Fsp3) is 0.250. The van der Waals surface area contributed by atoms with Crippen LogP contribution >= 0.6 is 23.4 Å². The number of carbonyl (C=O) groups is 1. The summed E-state index contributed by atoms with van der Waals surface area (Å²) >= 11 is 7.63. The Morgan fingerprint density at radius 2 is 1.89 bits per heavy atom. The molecule has 0 fully saturated rings. The first-order chi connectivity index (χ1) is 13.6. The molecule has 4 rings (SSSR count). The highest BCUT2D eigenvalue weighted by Gasteiger charge is 2.41. The number of halogens is 1. The second kappa shape index (κ2) is 7.85. The van der Waals surface area contributed by atoms with Crippen molar-refractivity contribution >= 4 is 40.9 Å². The van der Waals surface area contributed by atoms with Crippen molar-refractivity contribution in [1.82, 2.24) is 14.8 Å². The smallest absolute Gasteiger partial charge is 0.232 e. The SMILES string of the molecule is CSc1ccc([C@@H]2[C@H](C(=O)Nc3ccc(Cl)cc3)[C@@H](C)Nc3ncnn32)cc1. The van der Waals surface area contributed by atoms with Crippen LogP contribution in [-0.2, 0) is 4.79 Å². The van der Waals surface area contributed by atoms with Crippen molar-refractivity contribution in [3.63, 3.8) is 0 Å². The summed E-state index contributed by atoms with van der Waals surface area (Å²) in [6, 6.07) is 15.0. The zero-order valence-electron chi connectivity index (χ0n) is 15.5. The molecular weight excluding hydrogens is 394 g/mol. The molecule has 28 heavy (non-hydrogen) atoms. The van der Waals surface area contributed by atoms with Crippen LogP contribution in [0.15, 0.2) is 59.8 Å². The molecule has 0 spiro atoms. The van der Waals surface area contributed by atoms with Crippen LogP contribution in [0.4, 0.5) is 11.6 Å². The van der Waals surface area contributed by atoms with Crippen molar-refractivity contribution in [2.24, 2.45) is 5.92 Å². The van der Waals surface area contributed by atoms with Crippen molar-refractivity contribution in [2.75, 3.05) is 16.9 Å². The van der Waals surface area contributed by atoms with Gasteiger partial charge >= 0.3 is 0 Å². The number of fused-ring (bicyclic) bond motifs is 1. The molecule has 2 heterocycles. The van der Waals surface area contributed by atoms with Crippen LogP contribution < -0.4 is 10.6 Å². The number of benzene rings is 2. The van der Waals surface area contributed by atoms with Crippen LogP contribution in [-0.4, -0.2) is 33.0 Å². The molecule has 1 amide bonds. The van der Waals surface area contributed by atoms with Gasteiger partial charge in [-0.1, -0.05) is 23.7 Å². The average molecular weight is 414 g/mol.